The zero-order valence-corrected chi connectivity index (χ0v) is 16.0. The van der Waals surface area contributed by atoms with Crippen molar-refractivity contribution < 1.29 is 9.53 Å². The molecule has 2 unspecified atom stereocenters. The van der Waals surface area contributed by atoms with E-state index in [1.165, 1.54) is 0 Å². The average Bonchev–Trinajstić information content (AvgIpc) is 3.22. The Hall–Kier alpha value is -3.37. The monoisotopic (exact) mass is 382 g/mol. The zero-order valence-electron chi connectivity index (χ0n) is 16.0. The fraction of sp³-hybridized carbons (Fsp3) is 0.160. The first-order valence-electron chi connectivity index (χ1n) is 9.94. The fourth-order valence-electron chi connectivity index (χ4n) is 4.12. The predicted molar refractivity (Wildman–Crippen MR) is 114 cm³/mol. The number of Topliss-reactive ketones (excluding diaryl/α,β-unsaturated/α-hetero) is 1. The van der Waals surface area contributed by atoms with E-state index in [-0.39, 0.29) is 11.8 Å². The molecule has 2 atom stereocenters. The lowest BCUT2D eigenvalue weighted by atomic mass is 9.93. The smallest absolute Gasteiger partial charge is 0.186 e. The SMILES string of the molecule is O=C(c1c[nH]c2ccccc12)C(NC1CCOc2ccccc21)c1ccccc1. The first-order valence-corrected chi connectivity index (χ1v) is 9.94. The van der Waals surface area contributed by atoms with Gasteiger partial charge in [0.2, 0.25) is 0 Å². The number of hydrogen-bond acceptors (Lipinski definition) is 3. The van der Waals surface area contributed by atoms with Crippen molar-refractivity contribution >= 4 is 16.7 Å². The van der Waals surface area contributed by atoms with Crippen LogP contribution in [0.15, 0.2) is 85.1 Å². The molecule has 0 radical (unpaired) electrons. The summed E-state index contributed by atoms with van der Waals surface area (Å²) in [4.78, 5) is 16.9. The van der Waals surface area contributed by atoms with Crippen LogP contribution in [0, 0.1) is 0 Å². The fourth-order valence-corrected chi connectivity index (χ4v) is 4.12. The van der Waals surface area contributed by atoms with Crippen molar-refractivity contribution in [2.75, 3.05) is 6.61 Å². The lowest BCUT2D eigenvalue weighted by Gasteiger charge is -2.30. The maximum atomic E-state index is 13.7. The number of fused-ring (bicyclic) bond motifs is 2. The number of para-hydroxylation sites is 2. The summed E-state index contributed by atoms with van der Waals surface area (Å²) in [7, 11) is 0. The molecule has 3 aromatic carbocycles. The molecule has 0 fully saturated rings. The molecular formula is C25H22N2O2. The van der Waals surface area contributed by atoms with Gasteiger partial charge in [-0.3, -0.25) is 10.1 Å². The second-order valence-electron chi connectivity index (χ2n) is 7.35. The Morgan fingerprint density at radius 2 is 1.72 bits per heavy atom. The summed E-state index contributed by atoms with van der Waals surface area (Å²) in [6, 6.07) is 25.5. The number of hydrogen-bond donors (Lipinski definition) is 2. The van der Waals surface area contributed by atoms with Crippen LogP contribution < -0.4 is 10.1 Å². The molecule has 0 spiro atoms. The number of ether oxygens (including phenoxy) is 1. The molecule has 0 bridgehead atoms. The Morgan fingerprint density at radius 3 is 2.62 bits per heavy atom. The van der Waals surface area contributed by atoms with Crippen LogP contribution in [0.1, 0.15) is 40.0 Å². The maximum Gasteiger partial charge on any atom is 0.186 e. The number of rotatable bonds is 5. The van der Waals surface area contributed by atoms with Crippen molar-refractivity contribution in [3.63, 3.8) is 0 Å². The minimum Gasteiger partial charge on any atom is -0.493 e. The topological polar surface area (TPSA) is 54.1 Å². The van der Waals surface area contributed by atoms with Crippen molar-refractivity contribution in [2.24, 2.45) is 0 Å². The van der Waals surface area contributed by atoms with Crippen molar-refractivity contribution in [2.45, 2.75) is 18.5 Å². The summed E-state index contributed by atoms with van der Waals surface area (Å²) in [6.07, 6.45) is 2.64. The second kappa shape index (κ2) is 7.57. The van der Waals surface area contributed by atoms with Crippen molar-refractivity contribution in [1.82, 2.24) is 10.3 Å². The molecule has 1 aromatic heterocycles. The average molecular weight is 382 g/mol. The number of nitrogens with one attached hydrogen (secondary N) is 2. The van der Waals surface area contributed by atoms with Crippen LogP contribution in [0.25, 0.3) is 10.9 Å². The number of aromatic nitrogens is 1. The van der Waals surface area contributed by atoms with E-state index < -0.39 is 6.04 Å². The van der Waals surface area contributed by atoms with E-state index in [1.807, 2.05) is 79.0 Å². The standard InChI is InChI=1S/C25H22N2O2/c28-25(20-16-26-21-12-6-4-10-18(20)21)24(17-8-2-1-3-9-17)27-22-14-15-29-23-13-7-5-11-19(22)23/h1-13,16,22,24,26-27H,14-15H2. The van der Waals surface area contributed by atoms with Gasteiger partial charge in [0.15, 0.2) is 5.78 Å². The predicted octanol–water partition coefficient (Wildman–Crippen LogP) is 5.21. The van der Waals surface area contributed by atoms with Crippen molar-refractivity contribution in [3.8, 4) is 5.75 Å². The van der Waals surface area contributed by atoms with Gasteiger partial charge in [-0.1, -0.05) is 66.7 Å². The molecular weight excluding hydrogens is 360 g/mol. The second-order valence-corrected chi connectivity index (χ2v) is 7.35. The van der Waals surface area contributed by atoms with Gasteiger partial charge in [-0.15, -0.1) is 0 Å². The number of ketones is 1. The third-order valence-electron chi connectivity index (χ3n) is 5.58. The molecule has 1 aliphatic rings. The van der Waals surface area contributed by atoms with Gasteiger partial charge < -0.3 is 9.72 Å². The van der Waals surface area contributed by atoms with E-state index in [0.29, 0.717) is 12.2 Å². The molecule has 144 valence electrons. The number of carbonyl (C=O) groups is 1. The Kier molecular flexibility index (Phi) is 4.62. The van der Waals surface area contributed by atoms with Crippen molar-refractivity contribution in [1.29, 1.82) is 0 Å². The molecule has 4 heteroatoms. The molecule has 2 N–H and O–H groups in total. The van der Waals surface area contributed by atoms with Crippen LogP contribution in [0.4, 0.5) is 0 Å². The van der Waals surface area contributed by atoms with Gasteiger partial charge >= 0.3 is 0 Å². The number of aromatic amines is 1. The summed E-state index contributed by atoms with van der Waals surface area (Å²) in [6.45, 7) is 0.636. The largest absolute Gasteiger partial charge is 0.493 e. The van der Waals surface area contributed by atoms with Crippen LogP contribution in [-0.4, -0.2) is 17.4 Å². The quantitative estimate of drug-likeness (QED) is 0.466. The molecule has 4 aromatic rings. The van der Waals surface area contributed by atoms with Gasteiger partial charge in [0.05, 0.1) is 12.6 Å². The molecule has 4 nitrogen and oxygen atoms in total. The van der Waals surface area contributed by atoms with Gasteiger partial charge in [-0.2, -0.15) is 0 Å². The van der Waals surface area contributed by atoms with Crippen LogP contribution in [-0.2, 0) is 0 Å². The van der Waals surface area contributed by atoms with Crippen LogP contribution >= 0.6 is 0 Å². The van der Waals surface area contributed by atoms with E-state index in [4.69, 9.17) is 4.74 Å². The Balaban J connectivity index is 1.54. The molecule has 0 amide bonds. The molecule has 1 aliphatic heterocycles. The Labute approximate surface area is 169 Å². The minimum atomic E-state index is -0.438. The lowest BCUT2D eigenvalue weighted by Crippen LogP contribution is -2.34. The zero-order chi connectivity index (χ0) is 19.6. The van der Waals surface area contributed by atoms with Crippen LogP contribution in [0.5, 0.6) is 5.75 Å². The Bertz CT molecular complexity index is 1150. The first kappa shape index (κ1) is 17.7. The lowest BCUT2D eigenvalue weighted by molar-refractivity contribution is 0.0931. The summed E-state index contributed by atoms with van der Waals surface area (Å²) < 4.78 is 5.80. The highest BCUT2D eigenvalue weighted by atomic mass is 16.5. The highest BCUT2D eigenvalue weighted by Gasteiger charge is 2.29. The van der Waals surface area contributed by atoms with E-state index >= 15 is 0 Å². The van der Waals surface area contributed by atoms with E-state index in [0.717, 1.165) is 34.2 Å². The van der Waals surface area contributed by atoms with Gasteiger partial charge in [-0.25, -0.2) is 0 Å². The van der Waals surface area contributed by atoms with Gasteiger partial charge in [-0.05, 0) is 17.7 Å². The molecule has 29 heavy (non-hydrogen) atoms. The van der Waals surface area contributed by atoms with Gasteiger partial charge in [0.25, 0.3) is 0 Å². The van der Waals surface area contributed by atoms with E-state index in [9.17, 15) is 4.79 Å². The molecule has 0 aliphatic carbocycles. The Morgan fingerprint density at radius 1 is 0.966 bits per heavy atom. The van der Waals surface area contributed by atoms with Gasteiger partial charge in [0, 0.05) is 40.7 Å². The summed E-state index contributed by atoms with van der Waals surface area (Å²) in [5.74, 6) is 0.959. The van der Waals surface area contributed by atoms with E-state index in [1.54, 1.807) is 0 Å². The normalized spacial score (nSPS) is 16.8. The van der Waals surface area contributed by atoms with E-state index in [2.05, 4.69) is 16.4 Å². The van der Waals surface area contributed by atoms with Crippen molar-refractivity contribution in [3.05, 3.63) is 102 Å². The molecule has 2 heterocycles. The first-order chi connectivity index (χ1) is 14.3. The third-order valence-corrected chi connectivity index (χ3v) is 5.58. The number of carbonyl (C=O) groups excluding carboxylic acids is 1. The highest BCUT2D eigenvalue weighted by molar-refractivity contribution is 6.10. The number of H-pyrrole nitrogens is 1. The van der Waals surface area contributed by atoms with Crippen LogP contribution in [0.3, 0.4) is 0 Å². The van der Waals surface area contributed by atoms with Crippen LogP contribution in [0.2, 0.25) is 0 Å². The van der Waals surface area contributed by atoms with Gasteiger partial charge in [0.1, 0.15) is 5.75 Å². The summed E-state index contributed by atoms with van der Waals surface area (Å²) in [5.41, 5.74) is 3.75. The molecule has 0 saturated heterocycles. The highest BCUT2D eigenvalue weighted by Crippen LogP contribution is 2.34. The summed E-state index contributed by atoms with van der Waals surface area (Å²) in [5, 5.41) is 4.59. The summed E-state index contributed by atoms with van der Waals surface area (Å²) >= 11 is 0. The molecule has 5 rings (SSSR count). The minimum absolute atomic E-state index is 0.0549. The molecule has 0 saturated carbocycles. The number of benzene rings is 3. The third kappa shape index (κ3) is 3.32. The maximum absolute atomic E-state index is 13.7.